The summed E-state index contributed by atoms with van der Waals surface area (Å²) in [6.07, 6.45) is 10.1. The van der Waals surface area contributed by atoms with Crippen molar-refractivity contribution in [3.63, 3.8) is 0 Å². The number of nitrogens with one attached hydrogen (secondary N) is 2. The van der Waals surface area contributed by atoms with Crippen LogP contribution in [-0.4, -0.2) is 29.4 Å². The van der Waals surface area contributed by atoms with Crippen molar-refractivity contribution in [2.24, 2.45) is 5.73 Å². The molecule has 0 unspecified atom stereocenters. The Balaban J connectivity index is 1.51. The molecule has 0 radical (unpaired) electrons. The van der Waals surface area contributed by atoms with E-state index in [4.69, 9.17) is 10.2 Å². The summed E-state index contributed by atoms with van der Waals surface area (Å²) < 4.78 is 19.5. The van der Waals surface area contributed by atoms with Gasteiger partial charge in [0.05, 0.1) is 16.5 Å². The first kappa shape index (κ1) is 26.6. The van der Waals surface area contributed by atoms with E-state index in [1.807, 2.05) is 31.2 Å². The zero-order chi connectivity index (χ0) is 28.4. The number of fused-ring (bicyclic) bond motifs is 1. The lowest BCUT2D eigenvalue weighted by atomic mass is 9.97. The van der Waals surface area contributed by atoms with Crippen LogP contribution in [0.25, 0.3) is 33.6 Å². The number of nitrogens with two attached hydrogens (primary N) is 1. The van der Waals surface area contributed by atoms with E-state index >= 15 is 0 Å². The topological polar surface area (TPSA) is 110 Å². The van der Waals surface area contributed by atoms with Crippen LogP contribution >= 0.6 is 0 Å². The van der Waals surface area contributed by atoms with Gasteiger partial charge in [-0.2, -0.15) is 0 Å². The van der Waals surface area contributed by atoms with Crippen molar-refractivity contribution in [2.75, 3.05) is 7.05 Å². The molecule has 0 aliphatic heterocycles. The monoisotopic (exact) mass is 536 g/mol. The highest BCUT2D eigenvalue weighted by Gasteiger charge is 2.45. The maximum atomic E-state index is 13.5. The second-order valence-corrected chi connectivity index (χ2v) is 9.80. The van der Waals surface area contributed by atoms with Crippen LogP contribution in [0, 0.1) is 12.7 Å². The van der Waals surface area contributed by atoms with Gasteiger partial charge in [0.15, 0.2) is 0 Å². The SMILES string of the molecule is C=C(/C=C\C=C/N)C1(NC(=O)c2ccc(C)c(-c3cnc4oc(-c5ccc(F)cc5)c(C(=O)NC)c4c3)c2)CC1. The first-order valence-electron chi connectivity index (χ1n) is 12.8. The molecule has 2 heterocycles. The van der Waals surface area contributed by atoms with Crippen LogP contribution in [0.4, 0.5) is 4.39 Å². The molecule has 40 heavy (non-hydrogen) atoms. The quantitative estimate of drug-likeness (QED) is 0.246. The number of amides is 2. The van der Waals surface area contributed by atoms with E-state index in [9.17, 15) is 14.0 Å². The number of carbonyl (C=O) groups excluding carboxylic acids is 2. The van der Waals surface area contributed by atoms with Gasteiger partial charge in [-0.3, -0.25) is 9.59 Å². The van der Waals surface area contributed by atoms with Crippen molar-refractivity contribution in [1.82, 2.24) is 15.6 Å². The lowest BCUT2D eigenvalue weighted by molar-refractivity contribution is 0.0936. The molecule has 7 nitrogen and oxygen atoms in total. The van der Waals surface area contributed by atoms with E-state index in [-0.39, 0.29) is 17.5 Å². The Morgan fingerprint density at radius 3 is 2.50 bits per heavy atom. The van der Waals surface area contributed by atoms with Crippen LogP contribution in [0.2, 0.25) is 0 Å². The average molecular weight is 537 g/mol. The van der Waals surface area contributed by atoms with E-state index < -0.39 is 11.4 Å². The summed E-state index contributed by atoms with van der Waals surface area (Å²) in [7, 11) is 1.53. The highest BCUT2D eigenvalue weighted by molar-refractivity contribution is 6.11. The van der Waals surface area contributed by atoms with Crippen LogP contribution in [0.3, 0.4) is 0 Å². The van der Waals surface area contributed by atoms with Crippen LogP contribution in [0.5, 0.6) is 0 Å². The van der Waals surface area contributed by atoms with Crippen LogP contribution < -0.4 is 16.4 Å². The second-order valence-electron chi connectivity index (χ2n) is 9.80. The van der Waals surface area contributed by atoms with Crippen LogP contribution in [0.1, 0.15) is 39.1 Å². The Morgan fingerprint density at radius 2 is 1.82 bits per heavy atom. The number of nitrogens with zero attached hydrogens (tertiary/aromatic N) is 1. The zero-order valence-electron chi connectivity index (χ0n) is 22.3. The van der Waals surface area contributed by atoms with E-state index in [1.165, 1.54) is 25.4 Å². The predicted molar refractivity (Wildman–Crippen MR) is 154 cm³/mol. The molecule has 4 N–H and O–H groups in total. The van der Waals surface area contributed by atoms with Gasteiger partial charge in [-0.05, 0) is 91.2 Å². The number of hydrogen-bond donors (Lipinski definition) is 3. The Bertz CT molecular complexity index is 1700. The third-order valence-electron chi connectivity index (χ3n) is 7.15. The summed E-state index contributed by atoms with van der Waals surface area (Å²) in [5, 5.41) is 6.30. The molecule has 1 aliphatic rings. The smallest absolute Gasteiger partial charge is 0.255 e. The number of aromatic nitrogens is 1. The van der Waals surface area contributed by atoms with Gasteiger partial charge in [-0.15, -0.1) is 0 Å². The average Bonchev–Trinajstić information content (AvgIpc) is 3.64. The van der Waals surface area contributed by atoms with E-state index in [0.29, 0.717) is 27.8 Å². The molecule has 0 spiro atoms. The summed E-state index contributed by atoms with van der Waals surface area (Å²) >= 11 is 0. The number of aryl methyl sites for hydroxylation is 1. The van der Waals surface area contributed by atoms with Crippen LogP contribution in [0.15, 0.2) is 95.7 Å². The third kappa shape index (κ3) is 5.03. The number of halogens is 1. The molecule has 2 aromatic carbocycles. The number of pyridine rings is 1. The third-order valence-corrected chi connectivity index (χ3v) is 7.15. The van der Waals surface area contributed by atoms with Gasteiger partial charge in [-0.25, -0.2) is 9.37 Å². The Labute approximate surface area is 231 Å². The number of hydrogen-bond acceptors (Lipinski definition) is 5. The standard InChI is InChI=1S/C32H29FN4O3/c1-19-7-8-22(29(38)37-32(13-14-32)20(2)6-4-5-15-34)16-25(19)23-17-26-27(30(39)35-3)28(40-31(26)36-18-23)21-9-11-24(33)12-10-21/h4-12,15-18H,2,13-14,34H2,1,3H3,(H,35,39)(H,37,38)/b6-4-,15-5-. The lowest BCUT2D eigenvalue weighted by Crippen LogP contribution is -2.37. The van der Waals surface area contributed by atoms with Gasteiger partial charge in [0.1, 0.15) is 11.6 Å². The Kier molecular flexibility index (Phi) is 7.09. The van der Waals surface area contributed by atoms with Gasteiger partial charge in [0.25, 0.3) is 11.8 Å². The van der Waals surface area contributed by atoms with Crippen molar-refractivity contribution in [3.8, 4) is 22.5 Å². The molecule has 2 amide bonds. The molecule has 1 saturated carbocycles. The molecule has 2 aromatic heterocycles. The minimum Gasteiger partial charge on any atom is -0.437 e. The maximum Gasteiger partial charge on any atom is 0.255 e. The maximum absolute atomic E-state index is 13.5. The Morgan fingerprint density at radius 1 is 1.07 bits per heavy atom. The molecule has 1 fully saturated rings. The summed E-state index contributed by atoms with van der Waals surface area (Å²) in [6, 6.07) is 13.0. The molecule has 0 saturated heterocycles. The van der Waals surface area contributed by atoms with Crippen molar-refractivity contribution in [1.29, 1.82) is 0 Å². The van der Waals surface area contributed by atoms with Crippen molar-refractivity contribution in [3.05, 3.63) is 114 Å². The molecule has 8 heteroatoms. The van der Waals surface area contributed by atoms with Gasteiger partial charge in [0.2, 0.25) is 5.71 Å². The van der Waals surface area contributed by atoms with Crippen molar-refractivity contribution in [2.45, 2.75) is 25.3 Å². The minimum absolute atomic E-state index is 0.204. The number of rotatable bonds is 8. The molecule has 0 bridgehead atoms. The molecule has 0 atom stereocenters. The van der Waals surface area contributed by atoms with Gasteiger partial charge in [-0.1, -0.05) is 24.8 Å². The summed E-state index contributed by atoms with van der Waals surface area (Å²) in [6.45, 7) is 6.07. The van der Waals surface area contributed by atoms with E-state index in [0.717, 1.165) is 35.1 Å². The first-order chi connectivity index (χ1) is 19.3. The molecular formula is C32H29FN4O3. The number of benzene rings is 2. The zero-order valence-corrected chi connectivity index (χ0v) is 22.3. The summed E-state index contributed by atoms with van der Waals surface area (Å²) in [5.74, 6) is -0.648. The number of furan rings is 1. The summed E-state index contributed by atoms with van der Waals surface area (Å²) in [5.41, 5.74) is 9.83. The Hall–Kier alpha value is -4.98. The molecular weight excluding hydrogens is 507 g/mol. The van der Waals surface area contributed by atoms with Crippen molar-refractivity contribution < 1.29 is 18.4 Å². The second kappa shape index (κ2) is 10.6. The number of carbonyl (C=O) groups is 2. The fourth-order valence-electron chi connectivity index (χ4n) is 4.70. The first-order valence-corrected chi connectivity index (χ1v) is 12.8. The van der Waals surface area contributed by atoms with E-state index in [2.05, 4.69) is 22.2 Å². The van der Waals surface area contributed by atoms with E-state index in [1.54, 1.807) is 36.5 Å². The largest absolute Gasteiger partial charge is 0.437 e. The van der Waals surface area contributed by atoms with Crippen LogP contribution in [-0.2, 0) is 0 Å². The highest BCUT2D eigenvalue weighted by Crippen LogP contribution is 2.42. The minimum atomic E-state index is -0.461. The summed E-state index contributed by atoms with van der Waals surface area (Å²) in [4.78, 5) is 30.7. The lowest BCUT2D eigenvalue weighted by Gasteiger charge is -2.18. The molecule has 1 aliphatic carbocycles. The molecule has 4 aromatic rings. The number of allylic oxidation sites excluding steroid dienone is 2. The fourth-order valence-corrected chi connectivity index (χ4v) is 4.70. The molecule has 202 valence electrons. The normalized spacial score (nSPS) is 14.1. The predicted octanol–water partition coefficient (Wildman–Crippen LogP) is 5.82. The van der Waals surface area contributed by atoms with Crippen molar-refractivity contribution >= 4 is 22.9 Å². The highest BCUT2D eigenvalue weighted by atomic mass is 19.1. The molecule has 5 rings (SSSR count). The van der Waals surface area contributed by atoms with Gasteiger partial charge < -0.3 is 20.8 Å². The fraction of sp³-hybridized carbons (Fsp3) is 0.156. The van der Waals surface area contributed by atoms with Gasteiger partial charge >= 0.3 is 0 Å². The van der Waals surface area contributed by atoms with Gasteiger partial charge in [0, 0.05) is 29.9 Å².